The first kappa shape index (κ1) is 8.78. The van der Waals surface area contributed by atoms with Gasteiger partial charge in [0.05, 0.1) is 12.7 Å². The zero-order valence-corrected chi connectivity index (χ0v) is 6.50. The number of carbonyl (C=O) groups is 1. The molecule has 60 valence electrons. The maximum absolute atomic E-state index is 12.6. The minimum absolute atomic E-state index is 0.120. The average molecular weight is 164 g/mol. The molecule has 0 N–H and O–H groups in total. The second-order valence-corrected chi connectivity index (χ2v) is 2.24. The van der Waals surface area contributed by atoms with E-state index in [1.165, 1.54) is 7.11 Å². The van der Waals surface area contributed by atoms with E-state index < -0.39 is 5.82 Å². The topological polar surface area (TPSA) is 26.3 Å². The summed E-state index contributed by atoms with van der Waals surface area (Å²) in [4.78, 5) is 10.4. The van der Waals surface area contributed by atoms with Gasteiger partial charge in [0.25, 0.3) is 0 Å². The number of aldehydes is 1. The normalized spacial score (nSPS) is 9.50. The monoisotopic (exact) mass is 164 g/mol. The van der Waals surface area contributed by atoms with Gasteiger partial charge in [-0.2, -0.15) is 0 Å². The van der Waals surface area contributed by atoms with E-state index >= 15 is 0 Å². The van der Waals surface area contributed by atoms with Gasteiger partial charge in [-0.15, -0.1) is 0 Å². The molecule has 0 heterocycles. The van der Waals surface area contributed by atoms with E-state index in [1.807, 2.05) is 0 Å². The highest BCUT2D eigenvalue weighted by molar-refractivity contribution is 6.34. The van der Waals surface area contributed by atoms with Crippen LogP contribution < -0.4 is 10.2 Å². The Morgan fingerprint density at radius 3 is 2.75 bits per heavy atom. The number of halogens is 1. The lowest BCUT2D eigenvalue weighted by molar-refractivity contribution is 0.112. The van der Waals surface area contributed by atoms with Crippen LogP contribution in [0, 0.1) is 5.82 Å². The van der Waals surface area contributed by atoms with Gasteiger partial charge >= 0.3 is 0 Å². The molecule has 0 unspecified atom stereocenters. The minimum atomic E-state index is -0.546. The number of ether oxygens (including phenoxy) is 1. The molecular weight excluding hydrogens is 158 g/mol. The van der Waals surface area contributed by atoms with Gasteiger partial charge in [0, 0.05) is 0 Å². The highest BCUT2D eigenvalue weighted by Crippen LogP contribution is 2.13. The number of methoxy groups -OCH3 is 1. The third-order valence-electron chi connectivity index (χ3n) is 1.44. The SMILES string of the molecule is [B]c1cc(F)cc(C=O)c1OC. The van der Waals surface area contributed by atoms with Gasteiger partial charge in [-0.3, -0.25) is 4.79 Å². The zero-order valence-electron chi connectivity index (χ0n) is 6.50. The standard InChI is InChI=1S/C8H6BFO2/c1-12-8-5(4-11)2-6(10)3-7(8)9/h2-4H,1H3. The minimum Gasteiger partial charge on any atom is -0.497 e. The summed E-state index contributed by atoms with van der Waals surface area (Å²) >= 11 is 0. The fourth-order valence-corrected chi connectivity index (χ4v) is 0.960. The molecule has 0 amide bonds. The predicted molar refractivity (Wildman–Crippen MR) is 43.7 cm³/mol. The van der Waals surface area contributed by atoms with Gasteiger partial charge in [-0.25, -0.2) is 4.39 Å². The highest BCUT2D eigenvalue weighted by atomic mass is 19.1. The summed E-state index contributed by atoms with van der Waals surface area (Å²) in [6.45, 7) is 0. The zero-order chi connectivity index (χ0) is 9.14. The average Bonchev–Trinajstić information content (AvgIpc) is 2.03. The summed E-state index contributed by atoms with van der Waals surface area (Å²) in [5.41, 5.74) is 0.245. The van der Waals surface area contributed by atoms with E-state index in [1.54, 1.807) is 0 Å². The van der Waals surface area contributed by atoms with Gasteiger partial charge in [0.2, 0.25) is 0 Å². The number of hydrogen-bond donors (Lipinski definition) is 0. The summed E-state index contributed by atoms with van der Waals surface area (Å²) in [7, 11) is 6.76. The molecule has 12 heavy (non-hydrogen) atoms. The van der Waals surface area contributed by atoms with Crippen LogP contribution in [0.3, 0.4) is 0 Å². The molecule has 0 spiro atoms. The molecule has 2 nitrogen and oxygen atoms in total. The molecule has 0 aliphatic heterocycles. The highest BCUT2D eigenvalue weighted by Gasteiger charge is 2.06. The Hall–Kier alpha value is -1.32. The van der Waals surface area contributed by atoms with Gasteiger partial charge in [-0.05, 0) is 12.1 Å². The van der Waals surface area contributed by atoms with Crippen LogP contribution in [0.1, 0.15) is 10.4 Å². The Balaban J connectivity index is 3.33. The van der Waals surface area contributed by atoms with E-state index in [2.05, 4.69) is 0 Å². The molecule has 0 aliphatic carbocycles. The largest absolute Gasteiger partial charge is 0.497 e. The fourth-order valence-electron chi connectivity index (χ4n) is 0.960. The molecule has 0 aliphatic rings. The van der Waals surface area contributed by atoms with Crippen molar-refractivity contribution in [1.29, 1.82) is 0 Å². The molecule has 0 bridgehead atoms. The molecule has 0 saturated heterocycles. The predicted octanol–water partition coefficient (Wildman–Crippen LogP) is 0.441. The molecule has 1 rings (SSSR count). The maximum atomic E-state index is 12.6. The van der Waals surface area contributed by atoms with Crippen LogP contribution in [0.4, 0.5) is 4.39 Å². The second kappa shape index (κ2) is 3.39. The van der Waals surface area contributed by atoms with Crippen LogP contribution >= 0.6 is 0 Å². The molecule has 0 fully saturated rings. The summed E-state index contributed by atoms with van der Waals surface area (Å²) in [5.74, 6) is -0.332. The molecule has 1 aromatic rings. The van der Waals surface area contributed by atoms with E-state index in [9.17, 15) is 9.18 Å². The summed E-state index contributed by atoms with van der Waals surface area (Å²) in [6.07, 6.45) is 0.498. The quantitative estimate of drug-likeness (QED) is 0.468. The summed E-state index contributed by atoms with van der Waals surface area (Å²) in [5, 5.41) is 0. The second-order valence-electron chi connectivity index (χ2n) is 2.24. The molecule has 0 saturated carbocycles. The lowest BCUT2D eigenvalue weighted by Gasteiger charge is -2.06. The first-order valence-corrected chi connectivity index (χ1v) is 3.27. The van der Waals surface area contributed by atoms with Crippen LogP contribution in [0.2, 0.25) is 0 Å². The maximum Gasteiger partial charge on any atom is 0.153 e. The lowest BCUT2D eigenvalue weighted by atomic mass is 9.93. The van der Waals surface area contributed by atoms with Crippen molar-refractivity contribution in [3.8, 4) is 5.75 Å². The number of hydrogen-bond acceptors (Lipinski definition) is 2. The van der Waals surface area contributed by atoms with Crippen molar-refractivity contribution in [2.24, 2.45) is 0 Å². The van der Waals surface area contributed by atoms with Crippen molar-refractivity contribution < 1.29 is 13.9 Å². The third-order valence-corrected chi connectivity index (χ3v) is 1.44. The van der Waals surface area contributed by atoms with E-state index in [4.69, 9.17) is 12.6 Å². The van der Waals surface area contributed by atoms with Crippen molar-refractivity contribution in [2.75, 3.05) is 7.11 Å². The summed E-state index contributed by atoms with van der Waals surface area (Å²) in [6, 6.07) is 2.17. The van der Waals surface area contributed by atoms with Crippen LogP contribution in [0.5, 0.6) is 5.75 Å². The third kappa shape index (κ3) is 1.47. The Bertz CT molecular complexity index is 312. The van der Waals surface area contributed by atoms with E-state index in [0.29, 0.717) is 6.29 Å². The van der Waals surface area contributed by atoms with Crippen LogP contribution in [-0.2, 0) is 0 Å². The Morgan fingerprint density at radius 2 is 2.25 bits per heavy atom. The van der Waals surface area contributed by atoms with Crippen molar-refractivity contribution >= 4 is 19.6 Å². The molecule has 0 atom stereocenters. The van der Waals surface area contributed by atoms with E-state index in [0.717, 1.165) is 12.1 Å². The first-order valence-electron chi connectivity index (χ1n) is 3.27. The fraction of sp³-hybridized carbons (Fsp3) is 0.125. The van der Waals surface area contributed by atoms with Crippen molar-refractivity contribution in [3.63, 3.8) is 0 Å². The van der Waals surface area contributed by atoms with Crippen molar-refractivity contribution in [3.05, 3.63) is 23.5 Å². The van der Waals surface area contributed by atoms with Crippen LogP contribution in [0.15, 0.2) is 12.1 Å². The van der Waals surface area contributed by atoms with Crippen LogP contribution in [0.25, 0.3) is 0 Å². The van der Waals surface area contributed by atoms with Gasteiger partial charge in [-0.1, -0.05) is 5.46 Å². The lowest BCUT2D eigenvalue weighted by Crippen LogP contribution is -2.10. The number of rotatable bonds is 2. The van der Waals surface area contributed by atoms with Gasteiger partial charge in [0.15, 0.2) is 6.29 Å². The first-order chi connectivity index (χ1) is 5.69. The molecule has 2 radical (unpaired) electrons. The van der Waals surface area contributed by atoms with Gasteiger partial charge in [0.1, 0.15) is 19.4 Å². The van der Waals surface area contributed by atoms with Crippen molar-refractivity contribution in [2.45, 2.75) is 0 Å². The van der Waals surface area contributed by atoms with Gasteiger partial charge < -0.3 is 4.74 Å². The van der Waals surface area contributed by atoms with E-state index in [-0.39, 0.29) is 16.8 Å². The molecular formula is C8H6BFO2. The Kier molecular flexibility index (Phi) is 2.48. The molecule has 4 heteroatoms. The molecule has 1 aromatic carbocycles. The molecule has 0 aromatic heterocycles. The van der Waals surface area contributed by atoms with Crippen molar-refractivity contribution in [1.82, 2.24) is 0 Å². The Labute approximate surface area is 70.8 Å². The number of carbonyl (C=O) groups excluding carboxylic acids is 1. The van der Waals surface area contributed by atoms with Crippen LogP contribution in [-0.4, -0.2) is 21.2 Å². The Morgan fingerprint density at radius 1 is 1.58 bits per heavy atom. The smallest absolute Gasteiger partial charge is 0.153 e. The summed E-state index contributed by atoms with van der Waals surface area (Å²) < 4.78 is 17.4. The number of benzene rings is 1.